The minimum atomic E-state index is 0.524. The number of pyridine rings is 1. The maximum Gasteiger partial charge on any atom is 0.146 e. The van der Waals surface area contributed by atoms with Crippen LogP contribution in [0.25, 0.3) is 0 Å². The number of rotatable bonds is 3. The summed E-state index contributed by atoms with van der Waals surface area (Å²) in [7, 11) is 1.78. The molecule has 0 atom stereocenters. The number of aromatic nitrogens is 1. The predicted octanol–water partition coefficient (Wildman–Crippen LogP) is 4.89. The highest BCUT2D eigenvalue weighted by molar-refractivity contribution is 7.99. The van der Waals surface area contributed by atoms with Crippen molar-refractivity contribution in [2.24, 2.45) is 0 Å². The third kappa shape index (κ3) is 3.10. The van der Waals surface area contributed by atoms with Crippen molar-refractivity contribution in [1.82, 2.24) is 4.98 Å². The highest BCUT2D eigenvalue weighted by atomic mass is 35.5. The van der Waals surface area contributed by atoms with Gasteiger partial charge in [-0.3, -0.25) is 0 Å². The van der Waals surface area contributed by atoms with E-state index in [-0.39, 0.29) is 0 Å². The van der Waals surface area contributed by atoms with Crippen molar-refractivity contribution in [3.63, 3.8) is 0 Å². The van der Waals surface area contributed by atoms with Crippen LogP contribution in [0.4, 0.5) is 5.82 Å². The summed E-state index contributed by atoms with van der Waals surface area (Å²) in [6, 6.07) is 9.92. The van der Waals surface area contributed by atoms with Crippen molar-refractivity contribution in [3.05, 3.63) is 45.9 Å². The summed E-state index contributed by atoms with van der Waals surface area (Å²) in [5, 5.41) is 4.77. The minimum Gasteiger partial charge on any atom is -0.372 e. The molecule has 0 saturated heterocycles. The van der Waals surface area contributed by atoms with Crippen molar-refractivity contribution in [2.45, 2.75) is 16.8 Å². The van der Waals surface area contributed by atoms with E-state index in [1.807, 2.05) is 12.1 Å². The van der Waals surface area contributed by atoms with Gasteiger partial charge in [0.1, 0.15) is 10.8 Å². The van der Waals surface area contributed by atoms with Crippen LogP contribution >= 0.6 is 35.0 Å². The normalized spacial score (nSPS) is 10.4. The van der Waals surface area contributed by atoms with Gasteiger partial charge in [0.05, 0.1) is 10.0 Å². The Hall–Kier alpha value is -0.900. The molecule has 1 N–H and O–H groups in total. The van der Waals surface area contributed by atoms with Gasteiger partial charge in [0.15, 0.2) is 0 Å². The lowest BCUT2D eigenvalue weighted by molar-refractivity contribution is 1.12. The van der Waals surface area contributed by atoms with Crippen molar-refractivity contribution in [2.75, 3.05) is 12.4 Å². The monoisotopic (exact) mass is 298 g/mol. The summed E-state index contributed by atoms with van der Waals surface area (Å²) in [6.07, 6.45) is 0. The van der Waals surface area contributed by atoms with Gasteiger partial charge in [-0.15, -0.1) is 0 Å². The van der Waals surface area contributed by atoms with E-state index in [1.165, 1.54) is 17.3 Å². The average Bonchev–Trinajstić information content (AvgIpc) is 2.35. The first kappa shape index (κ1) is 13.5. The van der Waals surface area contributed by atoms with Crippen LogP contribution in [0.5, 0.6) is 0 Å². The zero-order valence-electron chi connectivity index (χ0n) is 10.00. The number of hydrogen-bond donors (Lipinski definition) is 1. The molecule has 18 heavy (non-hydrogen) atoms. The molecule has 0 saturated carbocycles. The number of nitrogens with zero attached hydrogens (tertiary/aromatic N) is 1. The molecule has 1 heterocycles. The Balaban J connectivity index is 2.31. The molecule has 0 amide bonds. The Labute approximate surface area is 121 Å². The van der Waals surface area contributed by atoms with Crippen molar-refractivity contribution < 1.29 is 0 Å². The molecule has 0 bridgehead atoms. The second kappa shape index (κ2) is 5.83. The molecule has 1 aromatic carbocycles. The van der Waals surface area contributed by atoms with E-state index in [4.69, 9.17) is 23.2 Å². The fourth-order valence-electron chi connectivity index (χ4n) is 1.41. The summed E-state index contributed by atoms with van der Waals surface area (Å²) in [5.41, 5.74) is 1.23. The van der Waals surface area contributed by atoms with Gasteiger partial charge in [0, 0.05) is 11.9 Å². The van der Waals surface area contributed by atoms with Crippen molar-refractivity contribution in [3.8, 4) is 0 Å². The van der Waals surface area contributed by atoms with Gasteiger partial charge in [-0.05, 0) is 25.1 Å². The fraction of sp³-hybridized carbons (Fsp3) is 0.154. The largest absolute Gasteiger partial charge is 0.372 e. The first-order valence-electron chi connectivity index (χ1n) is 5.38. The zero-order chi connectivity index (χ0) is 13.1. The summed E-state index contributed by atoms with van der Waals surface area (Å²) in [5.74, 6) is 0.635. The van der Waals surface area contributed by atoms with Gasteiger partial charge in [0.2, 0.25) is 0 Å². The highest BCUT2D eigenvalue weighted by Gasteiger charge is 2.09. The molecule has 0 aliphatic carbocycles. The number of hydrogen-bond acceptors (Lipinski definition) is 3. The lowest BCUT2D eigenvalue weighted by Gasteiger charge is -2.08. The SMILES string of the molecule is CNc1nc(Sc2ccc(C)cc2)c(Cl)cc1Cl. The molecule has 0 unspecified atom stereocenters. The molecular weight excluding hydrogens is 287 g/mol. The topological polar surface area (TPSA) is 24.9 Å². The second-order valence-corrected chi connectivity index (χ2v) is 5.65. The summed E-state index contributed by atoms with van der Waals surface area (Å²) >= 11 is 13.7. The first-order valence-corrected chi connectivity index (χ1v) is 6.95. The summed E-state index contributed by atoms with van der Waals surface area (Å²) in [4.78, 5) is 5.49. The van der Waals surface area contributed by atoms with E-state index in [1.54, 1.807) is 13.1 Å². The van der Waals surface area contributed by atoms with Crippen LogP contribution in [0.15, 0.2) is 40.3 Å². The van der Waals surface area contributed by atoms with Crippen LogP contribution in [0.3, 0.4) is 0 Å². The van der Waals surface area contributed by atoms with Gasteiger partial charge in [0.25, 0.3) is 0 Å². The Bertz CT molecular complexity index is 556. The fourth-order valence-corrected chi connectivity index (χ4v) is 2.77. The maximum absolute atomic E-state index is 6.14. The molecule has 5 heteroatoms. The lowest BCUT2D eigenvalue weighted by Crippen LogP contribution is -1.95. The van der Waals surface area contributed by atoms with Crippen LogP contribution in [0.2, 0.25) is 10.0 Å². The van der Waals surface area contributed by atoms with E-state index in [0.29, 0.717) is 15.9 Å². The number of aryl methyl sites for hydroxylation is 1. The maximum atomic E-state index is 6.14. The van der Waals surface area contributed by atoms with E-state index in [9.17, 15) is 0 Å². The molecule has 0 aliphatic rings. The quantitative estimate of drug-likeness (QED) is 0.873. The molecule has 1 aromatic heterocycles. The molecule has 2 aromatic rings. The molecule has 2 rings (SSSR count). The van der Waals surface area contributed by atoms with Crippen LogP contribution in [0, 0.1) is 6.92 Å². The van der Waals surface area contributed by atoms with E-state index in [0.717, 1.165) is 9.92 Å². The Morgan fingerprint density at radius 1 is 1.11 bits per heavy atom. The lowest BCUT2D eigenvalue weighted by atomic mass is 10.2. The van der Waals surface area contributed by atoms with Crippen molar-refractivity contribution >= 4 is 40.8 Å². The molecule has 0 radical (unpaired) electrons. The Kier molecular flexibility index (Phi) is 4.38. The molecule has 0 aliphatic heterocycles. The van der Waals surface area contributed by atoms with E-state index < -0.39 is 0 Å². The number of nitrogens with one attached hydrogen (secondary N) is 1. The van der Waals surface area contributed by atoms with Crippen LogP contribution < -0.4 is 5.32 Å². The van der Waals surface area contributed by atoms with Gasteiger partial charge in [-0.25, -0.2) is 4.98 Å². The number of anilines is 1. The van der Waals surface area contributed by atoms with Crippen molar-refractivity contribution in [1.29, 1.82) is 0 Å². The predicted molar refractivity (Wildman–Crippen MR) is 79.1 cm³/mol. The zero-order valence-corrected chi connectivity index (χ0v) is 12.3. The third-order valence-electron chi connectivity index (χ3n) is 2.37. The molecule has 2 nitrogen and oxygen atoms in total. The number of benzene rings is 1. The summed E-state index contributed by atoms with van der Waals surface area (Å²) < 4.78 is 0. The minimum absolute atomic E-state index is 0.524. The van der Waals surface area contributed by atoms with Crippen LogP contribution in [-0.4, -0.2) is 12.0 Å². The van der Waals surface area contributed by atoms with Crippen LogP contribution in [0.1, 0.15) is 5.56 Å². The third-order valence-corrected chi connectivity index (χ3v) is 4.07. The first-order chi connectivity index (χ1) is 8.60. The molecule has 0 spiro atoms. The average molecular weight is 299 g/mol. The van der Waals surface area contributed by atoms with E-state index in [2.05, 4.69) is 29.4 Å². The van der Waals surface area contributed by atoms with E-state index >= 15 is 0 Å². The van der Waals surface area contributed by atoms with Gasteiger partial charge >= 0.3 is 0 Å². The van der Waals surface area contributed by atoms with Gasteiger partial charge in [-0.1, -0.05) is 52.7 Å². The summed E-state index contributed by atoms with van der Waals surface area (Å²) in [6.45, 7) is 2.06. The second-order valence-electron chi connectivity index (χ2n) is 3.77. The highest BCUT2D eigenvalue weighted by Crippen LogP contribution is 2.35. The molecule has 94 valence electrons. The Morgan fingerprint density at radius 3 is 2.39 bits per heavy atom. The molecule has 0 fully saturated rings. The smallest absolute Gasteiger partial charge is 0.146 e. The van der Waals surface area contributed by atoms with Gasteiger partial charge in [-0.2, -0.15) is 0 Å². The Morgan fingerprint density at radius 2 is 1.78 bits per heavy atom. The molecular formula is C13H12Cl2N2S. The van der Waals surface area contributed by atoms with Crippen LogP contribution in [-0.2, 0) is 0 Å². The number of halogens is 2. The standard InChI is InChI=1S/C13H12Cl2N2S/c1-8-3-5-9(6-4-8)18-13-11(15)7-10(14)12(16-2)17-13/h3-7H,1-2H3,(H,16,17). The van der Waals surface area contributed by atoms with Gasteiger partial charge < -0.3 is 5.32 Å².